The number of aromatic nitrogens is 2. The minimum Gasteiger partial charge on any atom is -0.859 e. The Hall–Kier alpha value is -4.12. The largest absolute Gasteiger partial charge is 0.859 e. The summed E-state index contributed by atoms with van der Waals surface area (Å²) in [5.41, 5.74) is -0.853. The first-order valence-corrected chi connectivity index (χ1v) is 12.7. The van der Waals surface area contributed by atoms with E-state index < -0.39 is 40.1 Å². The fourth-order valence-corrected chi connectivity index (χ4v) is 6.15. The minimum atomic E-state index is -4.71. The van der Waals surface area contributed by atoms with E-state index in [4.69, 9.17) is 4.42 Å². The van der Waals surface area contributed by atoms with Gasteiger partial charge < -0.3 is 14.4 Å². The first-order valence-electron chi connectivity index (χ1n) is 12.7. The third-order valence-electron chi connectivity index (χ3n) is 7.95. The van der Waals surface area contributed by atoms with Crippen molar-refractivity contribution >= 4 is 17.7 Å². The Bertz CT molecular complexity index is 1860. The lowest BCUT2D eigenvalue weighted by molar-refractivity contribution is -0.918. The second-order valence-electron chi connectivity index (χ2n) is 10.2. The van der Waals surface area contributed by atoms with Gasteiger partial charge in [0.1, 0.15) is 11.5 Å². The molecule has 0 bridgehead atoms. The predicted octanol–water partition coefficient (Wildman–Crippen LogP) is 0.0974. The topological polar surface area (TPSA) is 113 Å². The Balaban J connectivity index is 1.58. The van der Waals surface area contributed by atoms with Crippen molar-refractivity contribution in [1.82, 2.24) is 9.55 Å². The molecule has 202 valence electrons. The van der Waals surface area contributed by atoms with Crippen LogP contribution in [0.5, 0.6) is 5.88 Å². The lowest BCUT2D eigenvalue weighted by Crippen LogP contribution is -3.17. The van der Waals surface area contributed by atoms with Crippen LogP contribution in [0, 0.1) is 6.92 Å². The average Bonchev–Trinajstić information content (AvgIpc) is 2.89. The second kappa shape index (κ2) is 8.98. The van der Waals surface area contributed by atoms with Crippen LogP contribution in [0.2, 0.25) is 0 Å². The summed E-state index contributed by atoms with van der Waals surface area (Å²) < 4.78 is 46.0. The molecule has 2 N–H and O–H groups in total. The summed E-state index contributed by atoms with van der Waals surface area (Å²) in [4.78, 5) is 41.8. The average molecular weight is 540 g/mol. The lowest BCUT2D eigenvalue weighted by Gasteiger charge is -2.40. The Morgan fingerprint density at radius 3 is 2.64 bits per heavy atom. The fraction of sp³-hybridized carbons (Fsp3) is 0.321. The van der Waals surface area contributed by atoms with Crippen molar-refractivity contribution in [3.8, 4) is 11.6 Å². The van der Waals surface area contributed by atoms with Crippen LogP contribution < -0.4 is 37.5 Å². The summed E-state index contributed by atoms with van der Waals surface area (Å²) >= 11 is 0. The first kappa shape index (κ1) is 25.2. The van der Waals surface area contributed by atoms with Crippen molar-refractivity contribution in [3.63, 3.8) is 0 Å². The maximum absolute atomic E-state index is 13.3. The SMILES string of the molecule is Cc1c2c(oc(=O)c1=Cc1c([O-])n(-c3cccc(C(F)(F)F)c3)c(=O)[nH]c1=O)=C1CCC[NH+]3CCCC(=C2)C13. The van der Waals surface area contributed by atoms with Gasteiger partial charge in [-0.15, -0.1) is 0 Å². The van der Waals surface area contributed by atoms with Crippen molar-refractivity contribution in [1.29, 1.82) is 0 Å². The zero-order chi connectivity index (χ0) is 27.6. The number of halogens is 3. The molecule has 11 heteroatoms. The number of piperidine rings is 2. The van der Waals surface area contributed by atoms with Crippen LogP contribution in [0.25, 0.3) is 23.4 Å². The predicted molar refractivity (Wildman–Crippen MR) is 134 cm³/mol. The van der Waals surface area contributed by atoms with Crippen LogP contribution in [-0.4, -0.2) is 28.7 Å². The molecule has 0 saturated carbocycles. The standard InChI is InChI=1S/C28H24F3N3O5/c1-14-19-11-15-5-3-9-33-10-4-8-18(22(15)33)23(19)39-26(37)20(14)13-21-24(35)32-27(38)34(25(21)36)17-7-2-6-16(12-17)28(29,30)31/h2,6-7,11-13,22,36H,3-5,8-10H2,1H3,(H,32,35,38). The van der Waals surface area contributed by atoms with Crippen LogP contribution in [0.15, 0.2) is 48.6 Å². The van der Waals surface area contributed by atoms with E-state index in [1.807, 2.05) is 11.1 Å². The molecule has 0 amide bonds. The summed E-state index contributed by atoms with van der Waals surface area (Å²) in [7, 11) is 0. The molecule has 2 unspecified atom stereocenters. The van der Waals surface area contributed by atoms with Crippen LogP contribution in [0.1, 0.15) is 47.9 Å². The van der Waals surface area contributed by atoms with Crippen molar-refractivity contribution < 1.29 is 27.6 Å². The first-order chi connectivity index (χ1) is 18.5. The minimum absolute atomic E-state index is 0.0303. The normalized spacial score (nSPS) is 20.9. The van der Waals surface area contributed by atoms with Crippen LogP contribution >= 0.6 is 0 Å². The van der Waals surface area contributed by atoms with Gasteiger partial charge in [-0.2, -0.15) is 13.2 Å². The number of quaternary nitrogens is 1. The molecule has 2 aliphatic heterocycles. The Morgan fingerprint density at radius 1 is 1.15 bits per heavy atom. The quantitative estimate of drug-likeness (QED) is 0.480. The molecule has 2 atom stereocenters. The van der Waals surface area contributed by atoms with Crippen LogP contribution in [0.3, 0.4) is 0 Å². The van der Waals surface area contributed by atoms with Crippen molar-refractivity contribution in [2.24, 2.45) is 0 Å². The number of alkyl halides is 3. The molecule has 1 aromatic carbocycles. The zero-order valence-corrected chi connectivity index (χ0v) is 20.9. The van der Waals surface area contributed by atoms with Gasteiger partial charge in [-0.1, -0.05) is 6.07 Å². The van der Waals surface area contributed by atoms with Gasteiger partial charge in [0.15, 0.2) is 0 Å². The number of H-pyrrole nitrogens is 1. The number of fused-ring (bicyclic) bond motifs is 1. The van der Waals surface area contributed by atoms with Crippen LogP contribution in [-0.2, 0) is 6.18 Å². The van der Waals surface area contributed by atoms with Gasteiger partial charge in [0.05, 0.1) is 23.9 Å². The van der Waals surface area contributed by atoms with E-state index in [1.54, 1.807) is 6.92 Å². The summed E-state index contributed by atoms with van der Waals surface area (Å²) in [5.74, 6) is -1.15. The molecular weight excluding hydrogens is 515 g/mol. The van der Waals surface area contributed by atoms with E-state index in [1.165, 1.54) is 10.5 Å². The Kier molecular flexibility index (Phi) is 5.79. The maximum Gasteiger partial charge on any atom is 0.416 e. The van der Waals surface area contributed by atoms with E-state index in [0.29, 0.717) is 21.6 Å². The molecule has 1 aliphatic carbocycles. The highest BCUT2D eigenvalue weighted by atomic mass is 19.4. The van der Waals surface area contributed by atoms with E-state index in [9.17, 15) is 32.7 Å². The Morgan fingerprint density at radius 2 is 1.90 bits per heavy atom. The molecule has 3 aliphatic rings. The van der Waals surface area contributed by atoms with Gasteiger partial charge in [0.2, 0.25) is 0 Å². The Labute approximate surface area is 218 Å². The third-order valence-corrected chi connectivity index (χ3v) is 7.95. The molecule has 3 aromatic rings. The van der Waals surface area contributed by atoms with Gasteiger partial charge in [0.25, 0.3) is 5.56 Å². The lowest BCUT2D eigenvalue weighted by atomic mass is 9.80. The summed E-state index contributed by atoms with van der Waals surface area (Å²) in [6, 6.07) is 3.85. The van der Waals surface area contributed by atoms with Crippen LogP contribution in [0.4, 0.5) is 13.2 Å². The third kappa shape index (κ3) is 4.08. The van der Waals surface area contributed by atoms with Crippen molar-refractivity contribution in [2.45, 2.75) is 44.8 Å². The number of nitrogens with zero attached hydrogens (tertiary/aromatic N) is 1. The number of aromatic amines is 1. The van der Waals surface area contributed by atoms with Gasteiger partial charge in [-0.25, -0.2) is 9.59 Å². The fourth-order valence-electron chi connectivity index (χ4n) is 6.15. The smallest absolute Gasteiger partial charge is 0.416 e. The number of rotatable bonds is 2. The molecule has 2 aromatic heterocycles. The molecule has 6 rings (SSSR count). The number of nitrogens with one attached hydrogen (secondary N) is 2. The number of hydrogen-bond acceptors (Lipinski definition) is 5. The van der Waals surface area contributed by atoms with E-state index in [0.717, 1.165) is 74.2 Å². The highest BCUT2D eigenvalue weighted by Gasteiger charge is 2.39. The summed E-state index contributed by atoms with van der Waals surface area (Å²) in [6.45, 7) is 3.83. The monoisotopic (exact) mass is 539 g/mol. The van der Waals surface area contributed by atoms with Crippen molar-refractivity contribution in [3.05, 3.63) is 94.0 Å². The summed E-state index contributed by atoms with van der Waals surface area (Å²) in [6.07, 6.45) is 2.17. The van der Waals surface area contributed by atoms with Crippen molar-refractivity contribution in [2.75, 3.05) is 13.1 Å². The highest BCUT2D eigenvalue weighted by molar-refractivity contribution is 5.71. The van der Waals surface area contributed by atoms with E-state index in [2.05, 4.69) is 0 Å². The van der Waals surface area contributed by atoms with E-state index >= 15 is 0 Å². The zero-order valence-electron chi connectivity index (χ0n) is 20.9. The molecule has 39 heavy (non-hydrogen) atoms. The second-order valence-corrected chi connectivity index (χ2v) is 10.2. The molecule has 0 spiro atoms. The number of benzene rings is 1. The molecule has 4 heterocycles. The van der Waals surface area contributed by atoms with Gasteiger partial charge in [-0.3, -0.25) is 14.3 Å². The molecule has 0 radical (unpaired) electrons. The maximum atomic E-state index is 13.3. The molecule has 8 nitrogen and oxygen atoms in total. The van der Waals surface area contributed by atoms with Gasteiger partial charge in [0, 0.05) is 35.2 Å². The molecule has 2 saturated heterocycles. The van der Waals surface area contributed by atoms with Gasteiger partial charge >= 0.3 is 17.5 Å². The highest BCUT2D eigenvalue weighted by Crippen LogP contribution is 2.31. The molecular formula is C28H24F3N3O5. The summed E-state index contributed by atoms with van der Waals surface area (Å²) in [5, 5.41) is 13.3. The molecule has 2 fully saturated rings. The van der Waals surface area contributed by atoms with E-state index in [-0.39, 0.29) is 16.9 Å². The number of hydrogen-bond donors (Lipinski definition) is 2. The van der Waals surface area contributed by atoms with Gasteiger partial charge in [-0.05, 0) is 67.1 Å².